The van der Waals surface area contributed by atoms with Crippen LogP contribution >= 0.6 is 0 Å². The summed E-state index contributed by atoms with van der Waals surface area (Å²) in [5.41, 5.74) is 1.18. The molecule has 2 rings (SSSR count). The maximum atomic E-state index is 9.11. The molecule has 1 unspecified atom stereocenters. The Morgan fingerprint density at radius 1 is 1.69 bits per heavy atom. The molecule has 5 nitrogen and oxygen atoms in total. The molecule has 1 aliphatic rings. The Labute approximate surface area is 95.4 Å². The van der Waals surface area contributed by atoms with Crippen molar-refractivity contribution >= 4 is 0 Å². The van der Waals surface area contributed by atoms with Gasteiger partial charge < -0.3 is 19.7 Å². The van der Waals surface area contributed by atoms with Gasteiger partial charge in [0.25, 0.3) is 0 Å². The number of aliphatic hydroxyl groups excluding tert-OH is 1. The summed E-state index contributed by atoms with van der Waals surface area (Å²) < 4.78 is 7.23. The summed E-state index contributed by atoms with van der Waals surface area (Å²) in [5.74, 6) is 0. The van der Waals surface area contributed by atoms with Crippen LogP contribution in [0.4, 0.5) is 0 Å². The summed E-state index contributed by atoms with van der Waals surface area (Å²) >= 11 is 0. The summed E-state index contributed by atoms with van der Waals surface area (Å²) in [4.78, 5) is 4.16. The monoisotopic (exact) mass is 225 g/mol. The van der Waals surface area contributed by atoms with Gasteiger partial charge in [0.2, 0.25) is 0 Å². The van der Waals surface area contributed by atoms with Crippen LogP contribution in [0, 0.1) is 0 Å². The molecule has 0 bridgehead atoms. The maximum Gasteiger partial charge on any atom is 0.0951 e. The van der Waals surface area contributed by atoms with Gasteiger partial charge in [-0.15, -0.1) is 0 Å². The van der Waals surface area contributed by atoms with Gasteiger partial charge in [0.15, 0.2) is 0 Å². The summed E-state index contributed by atoms with van der Waals surface area (Å²) in [5, 5.41) is 12.4. The molecule has 1 aliphatic carbocycles. The predicted octanol–water partition coefficient (Wildman–Crippen LogP) is 0.315. The number of ether oxygens (including phenoxy) is 1. The molecule has 0 spiro atoms. The average molecular weight is 225 g/mol. The molecule has 1 aromatic heterocycles. The zero-order chi connectivity index (χ0) is 11.4. The molecule has 1 heterocycles. The number of methoxy groups -OCH3 is 1. The first-order chi connectivity index (χ1) is 7.85. The third kappa shape index (κ3) is 2.81. The van der Waals surface area contributed by atoms with Crippen molar-refractivity contribution in [3.63, 3.8) is 0 Å². The van der Waals surface area contributed by atoms with Gasteiger partial charge in [-0.2, -0.15) is 0 Å². The maximum absolute atomic E-state index is 9.11. The molecule has 0 aromatic carbocycles. The van der Waals surface area contributed by atoms with E-state index in [1.54, 1.807) is 7.11 Å². The van der Waals surface area contributed by atoms with Crippen molar-refractivity contribution in [1.82, 2.24) is 14.9 Å². The van der Waals surface area contributed by atoms with Gasteiger partial charge in [-0.05, 0) is 12.8 Å². The number of hydrogen-bond acceptors (Lipinski definition) is 4. The number of aliphatic hydroxyl groups is 1. The molecule has 0 radical (unpaired) electrons. The van der Waals surface area contributed by atoms with E-state index < -0.39 is 0 Å². The minimum absolute atomic E-state index is 0.00690. The molecule has 0 aliphatic heterocycles. The van der Waals surface area contributed by atoms with Gasteiger partial charge in [0.05, 0.1) is 31.3 Å². The van der Waals surface area contributed by atoms with E-state index in [9.17, 15) is 0 Å². The predicted molar refractivity (Wildman–Crippen MR) is 60.1 cm³/mol. The largest absolute Gasteiger partial charge is 0.395 e. The first kappa shape index (κ1) is 11.6. The second-order valence-electron chi connectivity index (χ2n) is 4.24. The molecule has 90 valence electrons. The summed E-state index contributed by atoms with van der Waals surface area (Å²) in [6.45, 7) is 1.34. The van der Waals surface area contributed by atoms with Crippen LogP contribution < -0.4 is 5.32 Å². The molecule has 2 N–H and O–H groups in total. The van der Waals surface area contributed by atoms with Crippen molar-refractivity contribution in [2.45, 2.75) is 31.5 Å². The van der Waals surface area contributed by atoms with E-state index in [-0.39, 0.29) is 12.6 Å². The van der Waals surface area contributed by atoms with E-state index in [1.807, 2.05) is 12.5 Å². The van der Waals surface area contributed by atoms with Gasteiger partial charge in [-0.25, -0.2) is 4.98 Å². The Hall–Kier alpha value is -0.910. The summed E-state index contributed by atoms with van der Waals surface area (Å²) in [6, 6.07) is 0.641. The highest BCUT2D eigenvalue weighted by Crippen LogP contribution is 2.35. The number of nitrogens with one attached hydrogen (secondary N) is 1. The van der Waals surface area contributed by atoms with E-state index in [0.29, 0.717) is 12.6 Å². The van der Waals surface area contributed by atoms with Crippen LogP contribution in [-0.4, -0.2) is 41.0 Å². The standard InChI is InChI=1S/C11H19N3O2/c1-16-7-9(6-15)13-5-11-4-12-8-14(11)10-2-3-10/h4,8-10,13,15H,2-3,5-7H2,1H3. The van der Waals surface area contributed by atoms with Gasteiger partial charge >= 0.3 is 0 Å². The van der Waals surface area contributed by atoms with Gasteiger partial charge in [-0.1, -0.05) is 0 Å². The van der Waals surface area contributed by atoms with E-state index in [2.05, 4.69) is 14.9 Å². The Kier molecular flexibility index (Phi) is 3.93. The Morgan fingerprint density at radius 2 is 2.50 bits per heavy atom. The molecule has 1 saturated carbocycles. The van der Waals surface area contributed by atoms with Crippen LogP contribution in [0.3, 0.4) is 0 Å². The lowest BCUT2D eigenvalue weighted by molar-refractivity contribution is 0.127. The fraction of sp³-hybridized carbons (Fsp3) is 0.727. The van der Waals surface area contributed by atoms with Crippen LogP contribution in [0.25, 0.3) is 0 Å². The highest BCUT2D eigenvalue weighted by molar-refractivity contribution is 5.03. The van der Waals surface area contributed by atoms with E-state index in [1.165, 1.54) is 18.5 Å². The minimum atomic E-state index is -0.00690. The first-order valence-corrected chi connectivity index (χ1v) is 5.69. The SMILES string of the molecule is COCC(CO)NCc1cncn1C1CC1. The number of hydrogen-bond donors (Lipinski definition) is 2. The number of imidazole rings is 1. The molecular formula is C11H19N3O2. The van der Waals surface area contributed by atoms with Crippen LogP contribution in [0.1, 0.15) is 24.6 Å². The highest BCUT2D eigenvalue weighted by atomic mass is 16.5. The van der Waals surface area contributed by atoms with Gasteiger partial charge in [0.1, 0.15) is 0 Å². The summed E-state index contributed by atoms with van der Waals surface area (Å²) in [7, 11) is 1.64. The Balaban J connectivity index is 1.85. The molecule has 1 atom stereocenters. The van der Waals surface area contributed by atoms with E-state index in [4.69, 9.17) is 9.84 Å². The third-order valence-corrected chi connectivity index (χ3v) is 2.85. The van der Waals surface area contributed by atoms with Crippen molar-refractivity contribution in [2.75, 3.05) is 20.3 Å². The van der Waals surface area contributed by atoms with Crippen LogP contribution in [0.2, 0.25) is 0 Å². The highest BCUT2D eigenvalue weighted by Gasteiger charge is 2.25. The van der Waals surface area contributed by atoms with Crippen LogP contribution in [0.5, 0.6) is 0 Å². The van der Waals surface area contributed by atoms with Crippen molar-refractivity contribution < 1.29 is 9.84 Å². The molecule has 5 heteroatoms. The van der Waals surface area contributed by atoms with Crippen LogP contribution in [0.15, 0.2) is 12.5 Å². The molecule has 1 fully saturated rings. The number of nitrogens with zero attached hydrogens (tertiary/aromatic N) is 2. The lowest BCUT2D eigenvalue weighted by Crippen LogP contribution is -2.36. The Bertz CT molecular complexity index is 323. The zero-order valence-electron chi connectivity index (χ0n) is 9.59. The minimum Gasteiger partial charge on any atom is -0.395 e. The number of rotatable bonds is 7. The second kappa shape index (κ2) is 5.43. The summed E-state index contributed by atoms with van der Waals surface area (Å²) in [6.07, 6.45) is 6.28. The lowest BCUT2D eigenvalue weighted by atomic mass is 10.3. The first-order valence-electron chi connectivity index (χ1n) is 5.69. The van der Waals surface area contributed by atoms with Gasteiger partial charge in [0, 0.05) is 25.9 Å². The fourth-order valence-electron chi connectivity index (χ4n) is 1.78. The smallest absolute Gasteiger partial charge is 0.0951 e. The Morgan fingerprint density at radius 3 is 3.12 bits per heavy atom. The van der Waals surface area contributed by atoms with Crippen molar-refractivity contribution in [1.29, 1.82) is 0 Å². The lowest BCUT2D eigenvalue weighted by Gasteiger charge is -2.15. The normalized spacial score (nSPS) is 17.6. The van der Waals surface area contributed by atoms with Crippen molar-refractivity contribution in [2.24, 2.45) is 0 Å². The molecule has 0 amide bonds. The van der Waals surface area contributed by atoms with E-state index >= 15 is 0 Å². The van der Waals surface area contributed by atoms with E-state index in [0.717, 1.165) is 6.54 Å². The fourth-order valence-corrected chi connectivity index (χ4v) is 1.78. The van der Waals surface area contributed by atoms with Crippen LogP contribution in [-0.2, 0) is 11.3 Å². The molecule has 16 heavy (non-hydrogen) atoms. The molecule has 1 aromatic rings. The molecule has 0 saturated heterocycles. The second-order valence-corrected chi connectivity index (χ2v) is 4.24. The quantitative estimate of drug-likeness (QED) is 0.701. The van der Waals surface area contributed by atoms with Gasteiger partial charge in [-0.3, -0.25) is 0 Å². The topological polar surface area (TPSA) is 59.3 Å². The third-order valence-electron chi connectivity index (χ3n) is 2.85. The molecular weight excluding hydrogens is 206 g/mol. The zero-order valence-corrected chi connectivity index (χ0v) is 9.59. The number of aromatic nitrogens is 2. The van der Waals surface area contributed by atoms with Crippen molar-refractivity contribution in [3.8, 4) is 0 Å². The van der Waals surface area contributed by atoms with Crippen molar-refractivity contribution in [3.05, 3.63) is 18.2 Å². The average Bonchev–Trinajstić information content (AvgIpc) is 3.04.